The van der Waals surface area contributed by atoms with Gasteiger partial charge in [0.2, 0.25) is 11.8 Å². The number of anilines is 1. The van der Waals surface area contributed by atoms with Crippen molar-refractivity contribution in [3.8, 4) is 5.75 Å². The van der Waals surface area contributed by atoms with Crippen LogP contribution in [0.15, 0.2) is 102 Å². The van der Waals surface area contributed by atoms with Gasteiger partial charge in [-0.3, -0.25) is 13.9 Å². The molecule has 0 saturated carbocycles. The van der Waals surface area contributed by atoms with Crippen molar-refractivity contribution in [2.24, 2.45) is 0 Å². The maximum Gasteiger partial charge on any atom is 0.264 e. The predicted octanol–water partition coefficient (Wildman–Crippen LogP) is 5.55. The summed E-state index contributed by atoms with van der Waals surface area (Å²) >= 11 is 6.05. The fraction of sp³-hybridized carbons (Fsp3) is 0.235. The Morgan fingerprint density at radius 1 is 0.864 bits per heavy atom. The number of nitrogens with zero attached hydrogens (tertiary/aromatic N) is 2. The Bertz CT molecular complexity index is 1710. The summed E-state index contributed by atoms with van der Waals surface area (Å²) in [6, 6.07) is 26.7. The molecule has 4 aromatic carbocycles. The minimum absolute atomic E-state index is 0.0144. The van der Waals surface area contributed by atoms with Gasteiger partial charge in [-0.2, -0.15) is 0 Å². The van der Waals surface area contributed by atoms with E-state index in [4.69, 9.17) is 16.3 Å². The number of methoxy groups -OCH3 is 1. The molecule has 10 heteroatoms. The molecule has 0 aliphatic heterocycles. The van der Waals surface area contributed by atoms with Crippen LogP contribution in [-0.4, -0.2) is 51.9 Å². The van der Waals surface area contributed by atoms with E-state index in [0.29, 0.717) is 16.5 Å². The van der Waals surface area contributed by atoms with Gasteiger partial charge in [0.15, 0.2) is 0 Å². The molecule has 0 aliphatic rings. The van der Waals surface area contributed by atoms with Crippen LogP contribution < -0.4 is 14.4 Å². The van der Waals surface area contributed by atoms with Crippen molar-refractivity contribution in [1.29, 1.82) is 0 Å². The maximum atomic E-state index is 14.4. The Labute approximate surface area is 264 Å². The first-order valence-corrected chi connectivity index (χ1v) is 15.9. The van der Waals surface area contributed by atoms with Crippen molar-refractivity contribution in [3.05, 3.63) is 124 Å². The Hall–Kier alpha value is -4.34. The minimum atomic E-state index is -4.22. The highest BCUT2D eigenvalue weighted by Gasteiger charge is 2.34. The average molecular weight is 634 g/mol. The third-order valence-electron chi connectivity index (χ3n) is 7.46. The number of amides is 2. The van der Waals surface area contributed by atoms with Crippen molar-refractivity contribution >= 4 is 39.1 Å². The summed E-state index contributed by atoms with van der Waals surface area (Å²) in [6.07, 6.45) is 0.226. The molecule has 4 aromatic rings. The fourth-order valence-corrected chi connectivity index (χ4v) is 6.36. The SMILES string of the molecule is CNC(=O)[C@@H](Cc1ccccc1)N(Cc1cccc(OC)c1)C(=O)CN(c1ccc(C)c(C)c1)S(=O)(=O)c1ccc(Cl)cc1. The molecule has 230 valence electrons. The van der Waals surface area contributed by atoms with Crippen molar-refractivity contribution in [3.63, 3.8) is 0 Å². The number of likely N-dealkylation sites (N-methyl/N-ethyl adjacent to an activating group) is 1. The number of carbonyl (C=O) groups is 2. The van der Waals surface area contributed by atoms with E-state index in [1.54, 1.807) is 37.4 Å². The highest BCUT2D eigenvalue weighted by atomic mass is 35.5. The van der Waals surface area contributed by atoms with Gasteiger partial charge in [0.1, 0.15) is 18.3 Å². The molecular weight excluding hydrogens is 598 g/mol. The summed E-state index contributed by atoms with van der Waals surface area (Å²) in [7, 11) is -1.15. The van der Waals surface area contributed by atoms with Crippen LogP contribution in [0.4, 0.5) is 5.69 Å². The van der Waals surface area contributed by atoms with Gasteiger partial charge in [-0.05, 0) is 84.6 Å². The molecule has 4 rings (SSSR count). The highest BCUT2D eigenvalue weighted by Crippen LogP contribution is 2.28. The summed E-state index contributed by atoms with van der Waals surface area (Å²) in [5.74, 6) is -0.326. The smallest absolute Gasteiger partial charge is 0.264 e. The Morgan fingerprint density at radius 2 is 1.55 bits per heavy atom. The molecule has 0 heterocycles. The number of aryl methyl sites for hydroxylation is 2. The van der Waals surface area contributed by atoms with E-state index in [-0.39, 0.29) is 23.8 Å². The van der Waals surface area contributed by atoms with Gasteiger partial charge < -0.3 is 15.0 Å². The van der Waals surface area contributed by atoms with Crippen LogP contribution in [0, 0.1) is 13.8 Å². The molecule has 0 fully saturated rings. The summed E-state index contributed by atoms with van der Waals surface area (Å²) in [5, 5.41) is 3.07. The molecule has 0 unspecified atom stereocenters. The molecule has 2 amide bonds. The number of carbonyl (C=O) groups excluding carboxylic acids is 2. The van der Waals surface area contributed by atoms with Gasteiger partial charge in [0.25, 0.3) is 10.0 Å². The normalized spacial score (nSPS) is 11.8. The second-order valence-corrected chi connectivity index (χ2v) is 12.7. The lowest BCUT2D eigenvalue weighted by Gasteiger charge is -2.33. The van der Waals surface area contributed by atoms with Crippen molar-refractivity contribution < 1.29 is 22.7 Å². The molecule has 0 saturated heterocycles. The largest absolute Gasteiger partial charge is 0.497 e. The second kappa shape index (κ2) is 14.4. The number of sulfonamides is 1. The fourth-order valence-electron chi connectivity index (χ4n) is 4.83. The topological polar surface area (TPSA) is 96.0 Å². The van der Waals surface area contributed by atoms with Crippen LogP contribution in [0.25, 0.3) is 0 Å². The summed E-state index contributed by atoms with van der Waals surface area (Å²) < 4.78 is 34.7. The third-order valence-corrected chi connectivity index (χ3v) is 9.50. The van der Waals surface area contributed by atoms with Gasteiger partial charge in [-0.25, -0.2) is 8.42 Å². The number of ether oxygens (including phenoxy) is 1. The van der Waals surface area contributed by atoms with Crippen LogP contribution in [0.3, 0.4) is 0 Å². The van der Waals surface area contributed by atoms with Crippen LogP contribution >= 0.6 is 11.6 Å². The van der Waals surface area contributed by atoms with Crippen LogP contribution in [0.2, 0.25) is 5.02 Å². The molecule has 44 heavy (non-hydrogen) atoms. The minimum Gasteiger partial charge on any atom is -0.497 e. The van der Waals surface area contributed by atoms with Crippen LogP contribution in [0.5, 0.6) is 5.75 Å². The van der Waals surface area contributed by atoms with Crippen molar-refractivity contribution in [2.45, 2.75) is 37.8 Å². The summed E-state index contributed by atoms with van der Waals surface area (Å²) in [4.78, 5) is 29.2. The van der Waals surface area contributed by atoms with E-state index in [0.717, 1.165) is 26.6 Å². The Balaban J connectivity index is 1.81. The summed E-state index contributed by atoms with van der Waals surface area (Å²) in [6.45, 7) is 3.31. The zero-order valence-electron chi connectivity index (χ0n) is 25.2. The molecule has 0 bridgehead atoms. The number of hydrogen-bond donors (Lipinski definition) is 1. The van der Waals surface area contributed by atoms with E-state index in [9.17, 15) is 18.0 Å². The average Bonchev–Trinajstić information content (AvgIpc) is 3.03. The van der Waals surface area contributed by atoms with Gasteiger partial charge in [-0.15, -0.1) is 0 Å². The lowest BCUT2D eigenvalue weighted by molar-refractivity contribution is -0.139. The van der Waals surface area contributed by atoms with Gasteiger partial charge in [0.05, 0.1) is 17.7 Å². The van der Waals surface area contributed by atoms with Crippen LogP contribution in [-0.2, 0) is 32.6 Å². The molecule has 1 atom stereocenters. The van der Waals surface area contributed by atoms with E-state index < -0.39 is 28.5 Å². The van der Waals surface area contributed by atoms with Crippen LogP contribution in [0.1, 0.15) is 22.3 Å². The molecule has 1 N–H and O–H groups in total. The number of benzene rings is 4. The molecule has 0 spiro atoms. The van der Waals surface area contributed by atoms with Crippen molar-refractivity contribution in [1.82, 2.24) is 10.2 Å². The molecule has 0 aliphatic carbocycles. The number of rotatable bonds is 12. The van der Waals surface area contributed by atoms with Gasteiger partial charge >= 0.3 is 0 Å². The Kier molecular flexibility index (Phi) is 10.7. The second-order valence-electron chi connectivity index (χ2n) is 10.4. The van der Waals surface area contributed by atoms with Gasteiger partial charge in [-0.1, -0.05) is 60.1 Å². The number of hydrogen-bond acceptors (Lipinski definition) is 5. The first-order valence-electron chi connectivity index (χ1n) is 14.1. The predicted molar refractivity (Wildman–Crippen MR) is 173 cm³/mol. The molecular formula is C34H36ClN3O5S. The Morgan fingerprint density at radius 3 is 2.18 bits per heavy atom. The number of halogens is 1. The highest BCUT2D eigenvalue weighted by molar-refractivity contribution is 7.92. The molecule has 0 radical (unpaired) electrons. The molecule has 8 nitrogen and oxygen atoms in total. The zero-order chi connectivity index (χ0) is 31.9. The lowest BCUT2D eigenvalue weighted by Crippen LogP contribution is -2.53. The number of nitrogens with one attached hydrogen (secondary N) is 1. The lowest BCUT2D eigenvalue weighted by atomic mass is 10.0. The van der Waals surface area contributed by atoms with E-state index >= 15 is 0 Å². The zero-order valence-corrected chi connectivity index (χ0v) is 26.7. The summed E-state index contributed by atoms with van der Waals surface area (Å²) in [5.41, 5.74) is 3.75. The third kappa shape index (κ3) is 7.78. The van der Waals surface area contributed by atoms with E-state index in [1.165, 1.54) is 36.2 Å². The monoisotopic (exact) mass is 633 g/mol. The quantitative estimate of drug-likeness (QED) is 0.221. The standard InChI is InChI=1S/C34H36ClN3O5S/c1-24-13-16-29(19-25(24)2)38(44(41,42)31-17-14-28(35)15-18-31)23-33(39)37(22-27-11-8-12-30(20-27)43-4)32(34(40)36-3)21-26-9-6-5-7-10-26/h5-20,32H,21-23H2,1-4H3,(H,36,40)/t32-/m1/s1. The van der Waals surface area contributed by atoms with Crippen molar-refractivity contribution in [2.75, 3.05) is 25.0 Å². The first kappa shape index (κ1) is 32.6. The molecule has 0 aromatic heterocycles. The van der Waals surface area contributed by atoms with Gasteiger partial charge in [0, 0.05) is 25.0 Å². The maximum absolute atomic E-state index is 14.4. The van der Waals surface area contributed by atoms with E-state index in [1.807, 2.05) is 56.3 Å². The van der Waals surface area contributed by atoms with E-state index in [2.05, 4.69) is 5.32 Å². The first-order chi connectivity index (χ1) is 21.0.